The van der Waals surface area contributed by atoms with E-state index >= 15 is 0 Å². The number of carbonyl (C=O) groups excluding carboxylic acids is 1. The van der Waals surface area contributed by atoms with Crippen LogP contribution < -0.4 is 14.4 Å². The Balaban J connectivity index is 1.73. The molecule has 0 saturated carbocycles. The first-order valence-corrected chi connectivity index (χ1v) is 10.8. The van der Waals surface area contributed by atoms with Crippen molar-refractivity contribution >= 4 is 46.0 Å². The summed E-state index contributed by atoms with van der Waals surface area (Å²) in [6.07, 6.45) is 0. The van der Waals surface area contributed by atoms with Gasteiger partial charge in [0.1, 0.15) is 22.1 Å². The standard InChI is InChI=1S/C21H21N3O3S2/c1-5-24-19(25)18(29-21(24)22-14-8-6-7-9-16(14)27-4)20-23(2)15-12-13(26-3)10-11-17(15)28-20/h6-12H,5H2,1-4H3. The maximum absolute atomic E-state index is 13.2. The van der Waals surface area contributed by atoms with Crippen molar-refractivity contribution in [3.05, 3.63) is 52.4 Å². The van der Waals surface area contributed by atoms with Gasteiger partial charge in [-0.15, -0.1) is 0 Å². The summed E-state index contributed by atoms with van der Waals surface area (Å²) in [6, 6.07) is 13.5. The van der Waals surface area contributed by atoms with Crippen LogP contribution in [0.3, 0.4) is 0 Å². The Morgan fingerprint density at radius 2 is 1.86 bits per heavy atom. The number of amides is 1. The predicted octanol–water partition coefficient (Wildman–Crippen LogP) is 4.70. The Labute approximate surface area is 178 Å². The number of carbonyl (C=O) groups is 1. The van der Waals surface area contributed by atoms with Gasteiger partial charge in [0.25, 0.3) is 5.91 Å². The zero-order valence-electron chi connectivity index (χ0n) is 16.6. The summed E-state index contributed by atoms with van der Waals surface area (Å²) in [5.74, 6) is 1.44. The largest absolute Gasteiger partial charge is 0.497 e. The van der Waals surface area contributed by atoms with Gasteiger partial charge in [-0.05, 0) is 43.0 Å². The Bertz CT molecular complexity index is 1040. The van der Waals surface area contributed by atoms with Crippen molar-refractivity contribution < 1.29 is 14.3 Å². The van der Waals surface area contributed by atoms with Crippen LogP contribution in [0.5, 0.6) is 11.5 Å². The number of fused-ring (bicyclic) bond motifs is 1. The van der Waals surface area contributed by atoms with Crippen LogP contribution in [0.2, 0.25) is 0 Å². The SMILES string of the molecule is CCN1C(=O)C(=C2Sc3ccc(OC)cc3N2C)SC1=Nc1ccccc1OC. The summed E-state index contributed by atoms with van der Waals surface area (Å²) in [7, 11) is 5.24. The molecule has 1 amide bonds. The molecule has 1 saturated heterocycles. The van der Waals surface area contributed by atoms with E-state index in [0.717, 1.165) is 21.4 Å². The van der Waals surface area contributed by atoms with Crippen LogP contribution in [0.25, 0.3) is 0 Å². The van der Waals surface area contributed by atoms with E-state index in [0.29, 0.717) is 28.1 Å². The molecular weight excluding hydrogens is 406 g/mol. The minimum Gasteiger partial charge on any atom is -0.497 e. The van der Waals surface area contributed by atoms with E-state index in [-0.39, 0.29) is 5.91 Å². The molecule has 29 heavy (non-hydrogen) atoms. The van der Waals surface area contributed by atoms with E-state index in [1.807, 2.05) is 61.3 Å². The zero-order chi connectivity index (χ0) is 20.5. The number of likely N-dealkylation sites (N-methyl/N-ethyl adjacent to an activating group) is 1. The molecule has 0 atom stereocenters. The van der Waals surface area contributed by atoms with E-state index in [4.69, 9.17) is 14.5 Å². The summed E-state index contributed by atoms with van der Waals surface area (Å²) < 4.78 is 10.7. The lowest BCUT2D eigenvalue weighted by molar-refractivity contribution is -0.122. The molecule has 0 N–H and O–H groups in total. The van der Waals surface area contributed by atoms with E-state index in [9.17, 15) is 4.79 Å². The molecule has 0 unspecified atom stereocenters. The molecule has 8 heteroatoms. The molecular formula is C21H21N3O3S2. The number of nitrogens with zero attached hydrogens (tertiary/aromatic N) is 3. The second-order valence-electron chi connectivity index (χ2n) is 6.35. The molecule has 150 valence electrons. The summed E-state index contributed by atoms with van der Waals surface area (Å²) in [5, 5.41) is 1.57. The fourth-order valence-electron chi connectivity index (χ4n) is 3.18. The van der Waals surface area contributed by atoms with Gasteiger partial charge in [-0.1, -0.05) is 23.9 Å². The number of para-hydroxylation sites is 2. The number of anilines is 1. The second kappa shape index (κ2) is 8.04. The molecule has 0 aromatic heterocycles. The fourth-order valence-corrected chi connectivity index (χ4v) is 5.56. The topological polar surface area (TPSA) is 54.4 Å². The van der Waals surface area contributed by atoms with Gasteiger partial charge in [0.2, 0.25) is 0 Å². The molecule has 4 rings (SSSR count). The van der Waals surface area contributed by atoms with Gasteiger partial charge in [0, 0.05) is 24.6 Å². The molecule has 0 radical (unpaired) electrons. The smallest absolute Gasteiger partial charge is 0.269 e. The molecule has 2 heterocycles. The zero-order valence-corrected chi connectivity index (χ0v) is 18.3. The van der Waals surface area contributed by atoms with Crippen molar-refractivity contribution in [3.63, 3.8) is 0 Å². The van der Waals surface area contributed by atoms with E-state index in [1.54, 1.807) is 30.9 Å². The van der Waals surface area contributed by atoms with Crippen LogP contribution in [0.15, 0.2) is 62.3 Å². The third kappa shape index (κ3) is 3.47. The molecule has 0 spiro atoms. The van der Waals surface area contributed by atoms with Crippen LogP contribution in [0.1, 0.15) is 6.92 Å². The van der Waals surface area contributed by atoms with Crippen LogP contribution in [0, 0.1) is 0 Å². The minimum absolute atomic E-state index is 0.0275. The summed E-state index contributed by atoms with van der Waals surface area (Å²) in [6.45, 7) is 2.50. The van der Waals surface area contributed by atoms with Crippen molar-refractivity contribution in [1.29, 1.82) is 0 Å². The number of aliphatic imine (C=N–C) groups is 1. The highest BCUT2D eigenvalue weighted by atomic mass is 32.2. The number of hydrogen-bond acceptors (Lipinski definition) is 7. The van der Waals surface area contributed by atoms with Gasteiger partial charge in [-0.3, -0.25) is 9.69 Å². The lowest BCUT2D eigenvalue weighted by atomic mass is 10.3. The number of amidine groups is 1. The highest BCUT2D eigenvalue weighted by molar-refractivity contribution is 8.19. The van der Waals surface area contributed by atoms with Gasteiger partial charge in [-0.25, -0.2) is 4.99 Å². The number of benzene rings is 2. The van der Waals surface area contributed by atoms with Crippen LogP contribution in [-0.4, -0.2) is 43.8 Å². The highest BCUT2D eigenvalue weighted by Crippen LogP contribution is 2.51. The first kappa shape index (κ1) is 19.7. The molecule has 0 aliphatic carbocycles. The van der Waals surface area contributed by atoms with Crippen LogP contribution in [-0.2, 0) is 4.79 Å². The normalized spacial score (nSPS) is 19.9. The number of rotatable bonds is 4. The molecule has 1 fully saturated rings. The molecule has 2 aliphatic rings. The average molecular weight is 428 g/mol. The lowest BCUT2D eigenvalue weighted by Gasteiger charge is -2.15. The van der Waals surface area contributed by atoms with E-state index in [2.05, 4.69) is 0 Å². The van der Waals surface area contributed by atoms with Crippen molar-refractivity contribution in [2.24, 2.45) is 4.99 Å². The number of thioether (sulfide) groups is 2. The molecule has 2 aromatic rings. The van der Waals surface area contributed by atoms with Gasteiger partial charge >= 0.3 is 0 Å². The first-order chi connectivity index (χ1) is 14.1. The van der Waals surface area contributed by atoms with Crippen molar-refractivity contribution in [2.45, 2.75) is 11.8 Å². The summed E-state index contributed by atoms with van der Waals surface area (Å²) in [4.78, 5) is 23.4. The summed E-state index contributed by atoms with van der Waals surface area (Å²) in [5.41, 5.74) is 1.74. The monoisotopic (exact) mass is 427 g/mol. The quantitative estimate of drug-likeness (QED) is 0.660. The Morgan fingerprint density at radius 1 is 1.07 bits per heavy atom. The van der Waals surface area contributed by atoms with E-state index in [1.165, 1.54) is 11.8 Å². The minimum atomic E-state index is -0.0275. The van der Waals surface area contributed by atoms with Gasteiger partial charge < -0.3 is 14.4 Å². The van der Waals surface area contributed by atoms with Gasteiger partial charge in [0.05, 0.1) is 24.9 Å². The highest BCUT2D eigenvalue weighted by Gasteiger charge is 2.38. The third-order valence-electron chi connectivity index (χ3n) is 4.71. The Hall–Kier alpha value is -2.58. The van der Waals surface area contributed by atoms with Crippen molar-refractivity contribution in [3.8, 4) is 11.5 Å². The lowest BCUT2D eigenvalue weighted by Crippen LogP contribution is -2.29. The molecule has 6 nitrogen and oxygen atoms in total. The third-order valence-corrected chi connectivity index (χ3v) is 7.15. The molecule has 0 bridgehead atoms. The maximum Gasteiger partial charge on any atom is 0.269 e. The number of methoxy groups -OCH3 is 2. The summed E-state index contributed by atoms with van der Waals surface area (Å²) >= 11 is 3.00. The number of ether oxygens (including phenoxy) is 2. The Kier molecular flexibility index (Phi) is 5.47. The second-order valence-corrected chi connectivity index (χ2v) is 8.35. The van der Waals surface area contributed by atoms with Gasteiger partial charge in [0.15, 0.2) is 5.17 Å². The molecule has 2 aromatic carbocycles. The van der Waals surface area contributed by atoms with Crippen LogP contribution >= 0.6 is 23.5 Å². The van der Waals surface area contributed by atoms with Crippen molar-refractivity contribution in [2.75, 3.05) is 32.7 Å². The maximum atomic E-state index is 13.2. The van der Waals surface area contributed by atoms with Crippen LogP contribution in [0.4, 0.5) is 11.4 Å². The van der Waals surface area contributed by atoms with Gasteiger partial charge in [-0.2, -0.15) is 0 Å². The predicted molar refractivity (Wildman–Crippen MR) is 119 cm³/mol. The Morgan fingerprint density at radius 3 is 2.59 bits per heavy atom. The first-order valence-electron chi connectivity index (χ1n) is 9.12. The molecule has 2 aliphatic heterocycles. The van der Waals surface area contributed by atoms with E-state index < -0.39 is 0 Å². The van der Waals surface area contributed by atoms with Crippen molar-refractivity contribution in [1.82, 2.24) is 4.90 Å². The average Bonchev–Trinajstić information content (AvgIpc) is 3.24. The fraction of sp³-hybridized carbons (Fsp3) is 0.238. The number of hydrogen-bond donors (Lipinski definition) is 0.